The highest BCUT2D eigenvalue weighted by molar-refractivity contribution is 8.01. The van der Waals surface area contributed by atoms with Gasteiger partial charge in [0.1, 0.15) is 10.6 Å². The van der Waals surface area contributed by atoms with Gasteiger partial charge in [0.05, 0.1) is 6.07 Å². The van der Waals surface area contributed by atoms with Gasteiger partial charge in [0.25, 0.3) is 0 Å². The fourth-order valence-corrected chi connectivity index (χ4v) is 4.34. The first kappa shape index (κ1) is 13.4. The zero-order valence-electron chi connectivity index (χ0n) is 10.9. The van der Waals surface area contributed by atoms with Gasteiger partial charge in [0, 0.05) is 4.90 Å². The Morgan fingerprint density at radius 1 is 1.22 bits per heavy atom. The van der Waals surface area contributed by atoms with Gasteiger partial charge in [-0.05, 0) is 42.5 Å². The molecule has 0 atom stereocenters. The van der Waals surface area contributed by atoms with E-state index < -0.39 is 0 Å². The summed E-state index contributed by atoms with van der Waals surface area (Å²) in [6.45, 7) is 4.40. The predicted octanol–water partition coefficient (Wildman–Crippen LogP) is 4.78. The molecule has 0 saturated heterocycles. The third-order valence-electron chi connectivity index (χ3n) is 4.15. The Bertz CT molecular complexity index is 448. The van der Waals surface area contributed by atoms with E-state index in [0.717, 1.165) is 30.6 Å². The van der Waals surface area contributed by atoms with Crippen molar-refractivity contribution in [1.82, 2.24) is 0 Å². The molecule has 1 aromatic carbocycles. The summed E-state index contributed by atoms with van der Waals surface area (Å²) in [5.74, 6) is -0.226. The number of benzene rings is 1. The van der Waals surface area contributed by atoms with Crippen molar-refractivity contribution in [3.8, 4) is 6.07 Å². The normalized spacial score (nSPS) is 19.9. The zero-order valence-corrected chi connectivity index (χ0v) is 11.7. The molecule has 3 heteroatoms. The molecule has 1 aromatic rings. The van der Waals surface area contributed by atoms with Crippen molar-refractivity contribution >= 4 is 11.8 Å². The molecule has 0 unspecified atom stereocenters. The Labute approximate surface area is 112 Å². The van der Waals surface area contributed by atoms with E-state index >= 15 is 0 Å². The molecule has 1 saturated carbocycles. The van der Waals surface area contributed by atoms with E-state index in [0.29, 0.717) is 5.41 Å². The van der Waals surface area contributed by atoms with Gasteiger partial charge < -0.3 is 0 Å². The highest BCUT2D eigenvalue weighted by atomic mass is 32.2. The molecule has 96 valence electrons. The van der Waals surface area contributed by atoms with E-state index in [1.165, 1.54) is 12.1 Å². The second-order valence-electron chi connectivity index (χ2n) is 5.22. The second kappa shape index (κ2) is 4.93. The minimum atomic E-state index is -0.302. The first-order chi connectivity index (χ1) is 8.57. The standard InChI is InChI=1S/C15H18FNS/c1-3-14(4-2)9-15(10-14,11-17)18-13-7-5-12(16)6-8-13/h5-8H,3-4,9-10H2,1-2H3. The van der Waals surface area contributed by atoms with E-state index in [4.69, 9.17) is 0 Å². The number of hydrogen-bond acceptors (Lipinski definition) is 2. The summed E-state index contributed by atoms with van der Waals surface area (Å²) in [5, 5.41) is 9.43. The first-order valence-corrected chi connectivity index (χ1v) is 7.24. The van der Waals surface area contributed by atoms with Crippen LogP contribution in [0.1, 0.15) is 39.5 Å². The summed E-state index contributed by atoms with van der Waals surface area (Å²) >= 11 is 1.59. The van der Waals surface area contributed by atoms with Gasteiger partial charge in [0.2, 0.25) is 0 Å². The Balaban J connectivity index is 2.09. The number of nitrogens with zero attached hydrogens (tertiary/aromatic N) is 1. The van der Waals surface area contributed by atoms with Crippen LogP contribution in [0, 0.1) is 22.6 Å². The smallest absolute Gasteiger partial charge is 0.123 e. The van der Waals surface area contributed by atoms with Crippen LogP contribution in [-0.4, -0.2) is 4.75 Å². The fourth-order valence-electron chi connectivity index (χ4n) is 2.81. The maximum atomic E-state index is 12.9. The van der Waals surface area contributed by atoms with Crippen LogP contribution in [-0.2, 0) is 0 Å². The number of halogens is 1. The van der Waals surface area contributed by atoms with Crippen molar-refractivity contribution < 1.29 is 4.39 Å². The summed E-state index contributed by atoms with van der Waals surface area (Å²) in [6.07, 6.45) is 4.17. The Hall–Kier alpha value is -1.01. The molecule has 1 fully saturated rings. The van der Waals surface area contributed by atoms with Crippen molar-refractivity contribution in [2.75, 3.05) is 0 Å². The molecule has 0 aliphatic heterocycles. The minimum Gasteiger partial charge on any atom is -0.207 e. The second-order valence-corrected chi connectivity index (χ2v) is 6.68. The van der Waals surface area contributed by atoms with Crippen LogP contribution in [0.25, 0.3) is 0 Å². The molecule has 0 amide bonds. The lowest BCUT2D eigenvalue weighted by Crippen LogP contribution is -2.48. The minimum absolute atomic E-state index is 0.226. The van der Waals surface area contributed by atoms with Crippen LogP contribution in [0.5, 0.6) is 0 Å². The molecule has 0 spiro atoms. The molecule has 1 aliphatic carbocycles. The first-order valence-electron chi connectivity index (χ1n) is 6.43. The van der Waals surface area contributed by atoms with E-state index in [1.807, 2.05) is 0 Å². The molecular weight excluding hydrogens is 245 g/mol. The molecule has 0 aromatic heterocycles. The average molecular weight is 263 g/mol. The summed E-state index contributed by atoms with van der Waals surface area (Å²) in [5.41, 5.74) is 0.350. The van der Waals surface area contributed by atoms with Gasteiger partial charge >= 0.3 is 0 Å². The highest BCUT2D eigenvalue weighted by Gasteiger charge is 2.53. The third-order valence-corrected chi connectivity index (χ3v) is 5.43. The zero-order chi connectivity index (χ0) is 13.2. The van der Waals surface area contributed by atoms with Crippen molar-refractivity contribution in [1.29, 1.82) is 5.26 Å². The van der Waals surface area contributed by atoms with E-state index in [-0.39, 0.29) is 10.6 Å². The molecule has 1 aliphatic rings. The maximum absolute atomic E-state index is 12.9. The summed E-state index contributed by atoms with van der Waals surface area (Å²) in [6, 6.07) is 8.91. The maximum Gasteiger partial charge on any atom is 0.123 e. The predicted molar refractivity (Wildman–Crippen MR) is 72.9 cm³/mol. The van der Waals surface area contributed by atoms with Crippen LogP contribution in [0.4, 0.5) is 4.39 Å². The number of nitriles is 1. The van der Waals surface area contributed by atoms with Crippen LogP contribution >= 0.6 is 11.8 Å². The van der Waals surface area contributed by atoms with Crippen LogP contribution in [0.15, 0.2) is 29.2 Å². The lowest BCUT2D eigenvalue weighted by Gasteiger charge is -2.52. The molecule has 1 nitrogen and oxygen atoms in total. The van der Waals surface area contributed by atoms with Gasteiger partial charge in [-0.15, -0.1) is 11.8 Å². The number of thioether (sulfide) groups is 1. The third kappa shape index (κ3) is 2.40. The SMILES string of the molecule is CCC1(CC)CC(C#N)(Sc2ccc(F)cc2)C1. The summed E-state index contributed by atoms with van der Waals surface area (Å²) in [4.78, 5) is 0.985. The van der Waals surface area contributed by atoms with Gasteiger partial charge in [-0.25, -0.2) is 4.39 Å². The Kier molecular flexibility index (Phi) is 3.68. The number of rotatable bonds is 4. The van der Waals surface area contributed by atoms with Gasteiger partial charge in [0.15, 0.2) is 0 Å². The van der Waals surface area contributed by atoms with Crippen LogP contribution < -0.4 is 0 Å². The summed E-state index contributed by atoms with van der Waals surface area (Å²) < 4.78 is 12.6. The molecule has 18 heavy (non-hydrogen) atoms. The van der Waals surface area contributed by atoms with Crippen LogP contribution in [0.3, 0.4) is 0 Å². The van der Waals surface area contributed by atoms with E-state index in [9.17, 15) is 9.65 Å². The van der Waals surface area contributed by atoms with Gasteiger partial charge in [-0.3, -0.25) is 0 Å². The van der Waals surface area contributed by atoms with E-state index in [2.05, 4.69) is 19.9 Å². The van der Waals surface area contributed by atoms with Gasteiger partial charge in [-0.2, -0.15) is 5.26 Å². The number of hydrogen-bond donors (Lipinski definition) is 0. The van der Waals surface area contributed by atoms with Crippen molar-refractivity contribution in [2.24, 2.45) is 5.41 Å². The quantitative estimate of drug-likeness (QED) is 0.780. The largest absolute Gasteiger partial charge is 0.207 e. The Morgan fingerprint density at radius 3 is 2.22 bits per heavy atom. The topological polar surface area (TPSA) is 23.8 Å². The lowest BCUT2D eigenvalue weighted by molar-refractivity contribution is 0.0984. The van der Waals surface area contributed by atoms with Crippen molar-refractivity contribution in [3.05, 3.63) is 30.1 Å². The molecular formula is C15H18FNS. The molecule has 2 rings (SSSR count). The van der Waals surface area contributed by atoms with Crippen molar-refractivity contribution in [3.63, 3.8) is 0 Å². The fraction of sp³-hybridized carbons (Fsp3) is 0.533. The van der Waals surface area contributed by atoms with E-state index in [1.54, 1.807) is 23.9 Å². The Morgan fingerprint density at radius 2 is 1.78 bits per heavy atom. The molecule has 0 N–H and O–H groups in total. The van der Waals surface area contributed by atoms with Crippen LogP contribution in [0.2, 0.25) is 0 Å². The lowest BCUT2D eigenvalue weighted by atomic mass is 9.59. The molecule has 0 bridgehead atoms. The average Bonchev–Trinajstić information content (AvgIpc) is 2.36. The highest BCUT2D eigenvalue weighted by Crippen LogP contribution is 2.60. The molecule has 0 radical (unpaired) electrons. The monoisotopic (exact) mass is 263 g/mol. The van der Waals surface area contributed by atoms with Gasteiger partial charge in [-0.1, -0.05) is 26.7 Å². The van der Waals surface area contributed by atoms with Crippen molar-refractivity contribution in [2.45, 2.75) is 49.2 Å². The summed E-state index contributed by atoms with van der Waals surface area (Å²) in [7, 11) is 0. The molecule has 0 heterocycles.